The van der Waals surface area contributed by atoms with E-state index < -0.39 is 12.1 Å². The maximum absolute atomic E-state index is 12.7. The van der Waals surface area contributed by atoms with E-state index >= 15 is 0 Å². The van der Waals surface area contributed by atoms with E-state index in [0.29, 0.717) is 48.3 Å². The molecule has 0 aliphatic carbocycles. The zero-order valence-electron chi connectivity index (χ0n) is 19.4. The lowest BCUT2D eigenvalue weighted by Crippen LogP contribution is -2.07. The van der Waals surface area contributed by atoms with Gasteiger partial charge in [-0.1, -0.05) is 11.2 Å². The molecule has 0 bridgehead atoms. The van der Waals surface area contributed by atoms with E-state index in [9.17, 15) is 13.2 Å². The lowest BCUT2D eigenvalue weighted by atomic mass is 10.1. The van der Waals surface area contributed by atoms with Gasteiger partial charge in [-0.3, -0.25) is 0 Å². The van der Waals surface area contributed by atoms with Crippen LogP contribution in [0.5, 0.6) is 23.1 Å². The number of hydrogen-bond acceptors (Lipinski definition) is 6. The number of ether oxygens (including phenoxy) is 3. The highest BCUT2D eigenvalue weighted by molar-refractivity contribution is 5.61. The topological polar surface area (TPSA) is 82.4 Å². The summed E-state index contributed by atoms with van der Waals surface area (Å²) in [6, 6.07) is 14.5. The largest absolute Gasteiger partial charge is 0.493 e. The van der Waals surface area contributed by atoms with Crippen molar-refractivity contribution in [3.8, 4) is 34.5 Å². The van der Waals surface area contributed by atoms with Crippen molar-refractivity contribution in [2.75, 3.05) is 13.2 Å². The van der Waals surface area contributed by atoms with Gasteiger partial charge in [-0.05, 0) is 62.2 Å². The number of aromatic nitrogens is 3. The number of rotatable bonds is 9. The molecular formula is C25H24F3N3O4. The molecule has 0 atom stereocenters. The highest BCUT2D eigenvalue weighted by atomic mass is 19.4. The van der Waals surface area contributed by atoms with Gasteiger partial charge in [-0.2, -0.15) is 18.2 Å². The maximum Gasteiger partial charge on any atom is 0.471 e. The number of nitrogens with zero attached hydrogens (tertiary/aromatic N) is 2. The molecule has 0 aliphatic rings. The molecule has 0 fully saturated rings. The number of H-pyrrole nitrogens is 1. The number of halogens is 3. The Bertz CT molecular complexity index is 1270. The fourth-order valence-corrected chi connectivity index (χ4v) is 3.48. The SMILES string of the molecule is Cc1ccc(Oc2cccc(OCCCOc3c(C)cc(-c4noc(C(F)(F)F)n4)cc3C)c2)[nH]1. The molecule has 0 saturated heterocycles. The average molecular weight is 487 g/mol. The molecule has 1 N–H and O–H groups in total. The van der Waals surface area contributed by atoms with Crippen molar-refractivity contribution in [2.45, 2.75) is 33.4 Å². The molecule has 7 nitrogen and oxygen atoms in total. The molecule has 2 aromatic carbocycles. The molecule has 0 saturated carbocycles. The molecule has 10 heteroatoms. The Labute approximate surface area is 199 Å². The lowest BCUT2D eigenvalue weighted by Gasteiger charge is -2.14. The molecule has 4 aromatic rings. The van der Waals surface area contributed by atoms with Crippen molar-refractivity contribution < 1.29 is 31.9 Å². The van der Waals surface area contributed by atoms with Crippen LogP contribution >= 0.6 is 0 Å². The third kappa shape index (κ3) is 6.14. The first-order valence-corrected chi connectivity index (χ1v) is 10.9. The molecule has 0 spiro atoms. The van der Waals surface area contributed by atoms with E-state index in [-0.39, 0.29) is 5.82 Å². The Kier molecular flexibility index (Phi) is 6.99. The summed E-state index contributed by atoms with van der Waals surface area (Å²) >= 11 is 0. The van der Waals surface area contributed by atoms with Crippen LogP contribution in [0.4, 0.5) is 13.2 Å². The monoisotopic (exact) mass is 487 g/mol. The Morgan fingerprint density at radius 3 is 2.29 bits per heavy atom. The van der Waals surface area contributed by atoms with Crippen LogP contribution in [0.1, 0.15) is 29.1 Å². The standard InChI is InChI=1S/C25H24F3N3O4/c1-15-12-18(23-30-24(35-31-23)25(26,27)28)13-16(2)22(15)33-11-5-10-32-19-6-4-7-20(14-19)34-21-9-8-17(3)29-21/h4,6-9,12-14,29H,5,10-11H2,1-3H3. The van der Waals surface area contributed by atoms with Gasteiger partial charge in [0.25, 0.3) is 0 Å². The molecule has 2 aromatic heterocycles. The third-order valence-corrected chi connectivity index (χ3v) is 5.03. The van der Waals surface area contributed by atoms with Gasteiger partial charge in [0, 0.05) is 29.8 Å². The summed E-state index contributed by atoms with van der Waals surface area (Å²) in [4.78, 5) is 6.55. The van der Waals surface area contributed by atoms with Gasteiger partial charge in [-0.15, -0.1) is 0 Å². The minimum Gasteiger partial charge on any atom is -0.493 e. The fourth-order valence-electron chi connectivity index (χ4n) is 3.48. The van der Waals surface area contributed by atoms with E-state index in [1.54, 1.807) is 12.1 Å². The zero-order chi connectivity index (χ0) is 25.0. The number of aryl methyl sites for hydroxylation is 3. The molecule has 0 amide bonds. The first-order chi connectivity index (χ1) is 16.7. The second-order valence-corrected chi connectivity index (χ2v) is 7.99. The van der Waals surface area contributed by atoms with Crippen LogP contribution < -0.4 is 14.2 Å². The molecule has 184 valence electrons. The summed E-state index contributed by atoms with van der Waals surface area (Å²) in [5.41, 5.74) is 2.94. The summed E-state index contributed by atoms with van der Waals surface area (Å²) < 4.78 is 60.0. The van der Waals surface area contributed by atoms with E-state index in [4.69, 9.17) is 14.2 Å². The summed E-state index contributed by atoms with van der Waals surface area (Å²) in [6.45, 7) is 6.41. The minimum atomic E-state index is -4.68. The zero-order valence-corrected chi connectivity index (χ0v) is 19.4. The first kappa shape index (κ1) is 24.2. The third-order valence-electron chi connectivity index (χ3n) is 5.03. The minimum absolute atomic E-state index is 0.124. The van der Waals surface area contributed by atoms with Crippen LogP contribution in [0.3, 0.4) is 0 Å². The predicted molar refractivity (Wildman–Crippen MR) is 122 cm³/mol. The summed E-state index contributed by atoms with van der Waals surface area (Å²) in [7, 11) is 0. The average Bonchev–Trinajstić information content (AvgIpc) is 3.45. The van der Waals surface area contributed by atoms with E-state index in [1.807, 2.05) is 57.2 Å². The highest BCUT2D eigenvalue weighted by Gasteiger charge is 2.38. The van der Waals surface area contributed by atoms with Gasteiger partial charge < -0.3 is 23.7 Å². The lowest BCUT2D eigenvalue weighted by molar-refractivity contribution is -0.159. The van der Waals surface area contributed by atoms with Crippen LogP contribution in [0, 0.1) is 20.8 Å². The van der Waals surface area contributed by atoms with Gasteiger partial charge in [0.05, 0.1) is 13.2 Å². The van der Waals surface area contributed by atoms with Gasteiger partial charge in [0.2, 0.25) is 5.82 Å². The number of aromatic amines is 1. The Hall–Kier alpha value is -3.95. The fraction of sp³-hybridized carbons (Fsp3) is 0.280. The Morgan fingerprint density at radius 2 is 1.63 bits per heavy atom. The molecular weight excluding hydrogens is 463 g/mol. The van der Waals surface area contributed by atoms with Crippen LogP contribution in [0.15, 0.2) is 53.1 Å². The highest BCUT2D eigenvalue weighted by Crippen LogP contribution is 2.32. The van der Waals surface area contributed by atoms with Gasteiger partial charge >= 0.3 is 12.1 Å². The summed E-state index contributed by atoms with van der Waals surface area (Å²) in [5.74, 6) is 1.16. The van der Waals surface area contributed by atoms with Crippen LogP contribution in [-0.2, 0) is 6.18 Å². The van der Waals surface area contributed by atoms with E-state index in [2.05, 4.69) is 19.6 Å². The van der Waals surface area contributed by atoms with Crippen LogP contribution in [0.25, 0.3) is 11.4 Å². The van der Waals surface area contributed by atoms with E-state index in [0.717, 1.165) is 16.8 Å². The van der Waals surface area contributed by atoms with Crippen LogP contribution in [0.2, 0.25) is 0 Å². The van der Waals surface area contributed by atoms with Gasteiger partial charge in [0.1, 0.15) is 17.2 Å². The van der Waals surface area contributed by atoms with Gasteiger partial charge in [-0.25, -0.2) is 0 Å². The second-order valence-electron chi connectivity index (χ2n) is 7.99. The molecule has 2 heterocycles. The smallest absolute Gasteiger partial charge is 0.471 e. The molecule has 4 rings (SSSR count). The van der Waals surface area contributed by atoms with Crippen molar-refractivity contribution in [2.24, 2.45) is 0 Å². The summed E-state index contributed by atoms with van der Waals surface area (Å²) in [5, 5.41) is 3.44. The number of nitrogens with one attached hydrogen (secondary N) is 1. The Morgan fingerprint density at radius 1 is 0.914 bits per heavy atom. The first-order valence-electron chi connectivity index (χ1n) is 10.9. The molecule has 0 unspecified atom stereocenters. The predicted octanol–water partition coefficient (Wildman–Crippen LogP) is 6.65. The number of alkyl halides is 3. The maximum atomic E-state index is 12.7. The van der Waals surface area contributed by atoms with Crippen LogP contribution in [-0.4, -0.2) is 28.3 Å². The normalized spacial score (nSPS) is 11.5. The van der Waals surface area contributed by atoms with Crippen molar-refractivity contribution in [1.29, 1.82) is 0 Å². The van der Waals surface area contributed by atoms with Gasteiger partial charge in [0.15, 0.2) is 5.88 Å². The van der Waals surface area contributed by atoms with Crippen molar-refractivity contribution in [3.05, 3.63) is 71.2 Å². The van der Waals surface area contributed by atoms with E-state index in [1.165, 1.54) is 0 Å². The number of benzene rings is 2. The quantitative estimate of drug-likeness (QED) is 0.266. The Balaban J connectivity index is 1.29. The second kappa shape index (κ2) is 10.1. The molecule has 0 radical (unpaired) electrons. The summed E-state index contributed by atoms with van der Waals surface area (Å²) in [6.07, 6.45) is -4.06. The van der Waals surface area contributed by atoms with Crippen molar-refractivity contribution in [3.63, 3.8) is 0 Å². The molecule has 0 aliphatic heterocycles. The number of hydrogen-bond donors (Lipinski definition) is 1. The van der Waals surface area contributed by atoms with Crippen molar-refractivity contribution in [1.82, 2.24) is 15.1 Å². The van der Waals surface area contributed by atoms with Crippen molar-refractivity contribution >= 4 is 0 Å². The molecule has 35 heavy (non-hydrogen) atoms.